The summed E-state index contributed by atoms with van der Waals surface area (Å²) in [7, 11) is 0. The van der Waals surface area contributed by atoms with Crippen molar-refractivity contribution in [3.63, 3.8) is 0 Å². The van der Waals surface area contributed by atoms with Crippen molar-refractivity contribution in [3.05, 3.63) is 0 Å². The van der Waals surface area contributed by atoms with E-state index in [0.29, 0.717) is 19.8 Å². The van der Waals surface area contributed by atoms with Crippen molar-refractivity contribution in [2.75, 3.05) is 19.8 Å². The van der Waals surface area contributed by atoms with E-state index in [-0.39, 0.29) is 26.2 Å². The summed E-state index contributed by atoms with van der Waals surface area (Å²) in [6.07, 6.45) is 2.62. The van der Waals surface area contributed by atoms with E-state index >= 15 is 0 Å². The van der Waals surface area contributed by atoms with Crippen LogP contribution >= 0.6 is 0 Å². The predicted octanol–water partition coefficient (Wildman–Crippen LogP) is 1.16. The Morgan fingerprint density at radius 1 is 0.615 bits per heavy atom. The maximum Gasteiger partial charge on any atom is 0.0428 e. The van der Waals surface area contributed by atoms with Crippen LogP contribution in [0, 0.1) is 0 Å². The van der Waals surface area contributed by atoms with E-state index in [1.54, 1.807) is 0 Å². The Morgan fingerprint density at radius 2 is 0.692 bits per heavy atom. The Labute approximate surface area is 101 Å². The van der Waals surface area contributed by atoms with E-state index in [9.17, 15) is 0 Å². The number of hydrogen-bond acceptors (Lipinski definition) is 3. The van der Waals surface area contributed by atoms with E-state index in [4.69, 9.17) is 15.3 Å². The number of aliphatic hydroxyl groups excluding tert-OH is 3. The van der Waals surface area contributed by atoms with Crippen molar-refractivity contribution in [2.24, 2.45) is 0 Å². The topological polar surface area (TPSA) is 60.7 Å². The van der Waals surface area contributed by atoms with Gasteiger partial charge < -0.3 is 15.3 Å². The first-order valence-electron chi connectivity index (χ1n) is 4.57. The van der Waals surface area contributed by atoms with Crippen LogP contribution in [0.3, 0.4) is 0 Å². The van der Waals surface area contributed by atoms with Gasteiger partial charge in [0, 0.05) is 46.0 Å². The van der Waals surface area contributed by atoms with Crippen LogP contribution in [-0.2, 0) is 26.2 Å². The van der Waals surface area contributed by atoms with Crippen LogP contribution < -0.4 is 0 Å². The summed E-state index contributed by atoms with van der Waals surface area (Å²) >= 11 is 0. The van der Waals surface area contributed by atoms with Gasteiger partial charge in [-0.3, -0.25) is 0 Å². The monoisotopic (exact) mass is 270 g/mol. The summed E-state index contributed by atoms with van der Waals surface area (Å²) in [4.78, 5) is 0. The van der Waals surface area contributed by atoms with Crippen LogP contribution in [0.4, 0.5) is 0 Å². The molecule has 4 heteroatoms. The van der Waals surface area contributed by atoms with Gasteiger partial charge >= 0.3 is 0 Å². The van der Waals surface area contributed by atoms with Crippen molar-refractivity contribution in [2.45, 2.75) is 40.0 Å². The fourth-order valence-corrected chi connectivity index (χ4v) is 0. The average molecular weight is 272 g/mol. The Balaban J connectivity index is -0.0000000450. The fraction of sp³-hybridized carbons (Fsp3) is 1.00. The SMILES string of the molecule is CCCO.CCCO.CCCO.[Zr]. The van der Waals surface area contributed by atoms with Crippen molar-refractivity contribution < 1.29 is 41.5 Å². The van der Waals surface area contributed by atoms with E-state index in [2.05, 4.69) is 0 Å². The first-order valence-corrected chi connectivity index (χ1v) is 4.57. The first-order chi connectivity index (χ1) is 5.74. The number of rotatable bonds is 3. The Bertz CT molecular complexity index is 30.3. The predicted molar refractivity (Wildman–Crippen MR) is 52.1 cm³/mol. The number of hydrogen-bond donors (Lipinski definition) is 3. The van der Waals surface area contributed by atoms with Gasteiger partial charge in [-0.25, -0.2) is 0 Å². The quantitative estimate of drug-likeness (QED) is 0.722. The van der Waals surface area contributed by atoms with Crippen LogP contribution in [0.25, 0.3) is 0 Å². The summed E-state index contributed by atoms with van der Waals surface area (Å²) in [5.74, 6) is 0. The van der Waals surface area contributed by atoms with Gasteiger partial charge in [-0.2, -0.15) is 0 Å². The molecule has 13 heavy (non-hydrogen) atoms. The molecule has 0 aliphatic heterocycles. The first kappa shape index (κ1) is 23.5. The molecule has 0 unspecified atom stereocenters. The number of aliphatic hydroxyl groups is 3. The zero-order chi connectivity index (χ0) is 10.2. The van der Waals surface area contributed by atoms with Gasteiger partial charge in [0.1, 0.15) is 0 Å². The molecule has 0 fully saturated rings. The fourth-order valence-electron chi connectivity index (χ4n) is 0. The summed E-state index contributed by atoms with van der Waals surface area (Å²) in [5.41, 5.74) is 0. The standard InChI is InChI=1S/3C3H8O.Zr/c3*1-2-3-4;/h3*4H,2-3H2,1H3;. The molecule has 0 saturated heterocycles. The van der Waals surface area contributed by atoms with Gasteiger partial charge in [-0.1, -0.05) is 20.8 Å². The van der Waals surface area contributed by atoms with Crippen molar-refractivity contribution in [3.8, 4) is 0 Å². The smallest absolute Gasteiger partial charge is 0.0428 e. The third-order valence-electron chi connectivity index (χ3n) is 0.671. The molecule has 0 radical (unpaired) electrons. The molecule has 0 aliphatic carbocycles. The van der Waals surface area contributed by atoms with Crippen molar-refractivity contribution in [1.29, 1.82) is 0 Å². The molecule has 3 N–H and O–H groups in total. The second-order valence-corrected chi connectivity index (χ2v) is 2.17. The zero-order valence-electron chi connectivity index (χ0n) is 9.08. The van der Waals surface area contributed by atoms with Gasteiger partial charge in [-0.05, 0) is 19.3 Å². The maximum absolute atomic E-state index is 7.88. The van der Waals surface area contributed by atoms with Gasteiger partial charge in [0.2, 0.25) is 0 Å². The second kappa shape index (κ2) is 38.6. The minimum absolute atomic E-state index is 0. The molecule has 0 heterocycles. The Hall–Kier alpha value is 0.763. The molecule has 3 nitrogen and oxygen atoms in total. The minimum Gasteiger partial charge on any atom is -0.396 e. The van der Waals surface area contributed by atoms with Gasteiger partial charge in [-0.15, -0.1) is 0 Å². The molecular formula is C9H24O3Zr. The van der Waals surface area contributed by atoms with E-state index in [1.807, 2.05) is 20.8 Å². The van der Waals surface area contributed by atoms with Gasteiger partial charge in [0.15, 0.2) is 0 Å². The van der Waals surface area contributed by atoms with E-state index in [0.717, 1.165) is 19.3 Å². The summed E-state index contributed by atoms with van der Waals surface area (Å²) in [6, 6.07) is 0. The summed E-state index contributed by atoms with van der Waals surface area (Å²) in [6.45, 7) is 6.75. The molecule has 0 amide bonds. The maximum atomic E-state index is 7.88. The van der Waals surface area contributed by atoms with Crippen LogP contribution in [0.15, 0.2) is 0 Å². The molecule has 0 aromatic rings. The second-order valence-electron chi connectivity index (χ2n) is 2.17. The molecule has 0 aromatic heterocycles. The zero-order valence-corrected chi connectivity index (χ0v) is 11.5. The molecule has 0 saturated carbocycles. The average Bonchev–Trinajstić information content (AvgIpc) is 2.18. The molecule has 0 aromatic carbocycles. The van der Waals surface area contributed by atoms with Crippen LogP contribution in [0.2, 0.25) is 0 Å². The normalized spacial score (nSPS) is 6.92. The molecule has 0 rings (SSSR count). The Morgan fingerprint density at radius 3 is 0.692 bits per heavy atom. The molecule has 0 spiro atoms. The van der Waals surface area contributed by atoms with Crippen molar-refractivity contribution in [1.82, 2.24) is 0 Å². The van der Waals surface area contributed by atoms with E-state index in [1.165, 1.54) is 0 Å². The van der Waals surface area contributed by atoms with Gasteiger partial charge in [0.25, 0.3) is 0 Å². The third-order valence-corrected chi connectivity index (χ3v) is 0.671. The largest absolute Gasteiger partial charge is 0.396 e. The summed E-state index contributed by atoms with van der Waals surface area (Å²) < 4.78 is 0. The van der Waals surface area contributed by atoms with Crippen LogP contribution in [0.5, 0.6) is 0 Å². The van der Waals surface area contributed by atoms with Gasteiger partial charge in [0.05, 0.1) is 0 Å². The Kier molecular flexibility index (Phi) is 69.9. The minimum atomic E-state index is 0. The molecule has 0 atom stereocenters. The molecule has 82 valence electrons. The van der Waals surface area contributed by atoms with Crippen molar-refractivity contribution >= 4 is 0 Å². The third kappa shape index (κ3) is 104. The van der Waals surface area contributed by atoms with Crippen LogP contribution in [-0.4, -0.2) is 35.1 Å². The summed E-state index contributed by atoms with van der Waals surface area (Å²) in [5, 5.41) is 23.6. The molecular weight excluding hydrogens is 247 g/mol. The van der Waals surface area contributed by atoms with Crippen LogP contribution in [0.1, 0.15) is 40.0 Å². The molecule has 0 bridgehead atoms. The molecule has 0 aliphatic rings. The van der Waals surface area contributed by atoms with E-state index < -0.39 is 0 Å².